The van der Waals surface area contributed by atoms with Crippen LogP contribution in [0, 0.1) is 0 Å². The van der Waals surface area contributed by atoms with Crippen molar-refractivity contribution in [3.05, 3.63) is 107 Å². The van der Waals surface area contributed by atoms with Crippen LogP contribution in [-0.4, -0.2) is 27.0 Å². The number of ether oxygens (including phenoxy) is 2. The van der Waals surface area contributed by atoms with Crippen LogP contribution < -0.4 is 10.1 Å². The highest BCUT2D eigenvalue weighted by Gasteiger charge is 2.28. The van der Waals surface area contributed by atoms with Gasteiger partial charge in [0.1, 0.15) is 23.3 Å². The Morgan fingerprint density at radius 2 is 1.89 bits per heavy atom. The van der Waals surface area contributed by atoms with E-state index in [0.29, 0.717) is 34.5 Å². The first-order valence-electron chi connectivity index (χ1n) is 11.9. The molecule has 37 heavy (non-hydrogen) atoms. The summed E-state index contributed by atoms with van der Waals surface area (Å²) in [5.74, 6) is 0.382. The van der Waals surface area contributed by atoms with Gasteiger partial charge >= 0.3 is 6.09 Å². The van der Waals surface area contributed by atoms with E-state index in [4.69, 9.17) is 9.47 Å². The molecule has 0 bridgehead atoms. The summed E-state index contributed by atoms with van der Waals surface area (Å²) in [5, 5.41) is 5.63. The second-order valence-corrected chi connectivity index (χ2v) is 10.6. The van der Waals surface area contributed by atoms with Crippen molar-refractivity contribution < 1.29 is 19.1 Å². The van der Waals surface area contributed by atoms with E-state index in [0.717, 1.165) is 11.1 Å². The maximum atomic E-state index is 13.6. The number of rotatable bonds is 6. The molecule has 5 rings (SSSR count). The number of aromatic nitrogens is 2. The summed E-state index contributed by atoms with van der Waals surface area (Å²) < 4.78 is 13.0. The summed E-state index contributed by atoms with van der Waals surface area (Å²) in [6.45, 7) is 5.80. The minimum absolute atomic E-state index is 0.107. The second-order valence-electron chi connectivity index (χ2n) is 9.65. The topological polar surface area (TPSA) is 82.5 Å². The average molecular weight is 514 g/mol. The molecule has 1 aliphatic heterocycles. The van der Waals surface area contributed by atoms with Crippen LogP contribution >= 0.6 is 11.8 Å². The van der Waals surface area contributed by atoms with Gasteiger partial charge in [0.15, 0.2) is 0 Å². The fraction of sp³-hybridized carbons (Fsp3) is 0.207. The van der Waals surface area contributed by atoms with Gasteiger partial charge in [0.2, 0.25) is 5.78 Å². The normalized spacial score (nSPS) is 15.2. The number of nitrogens with one attached hydrogen (secondary N) is 1. The third kappa shape index (κ3) is 5.54. The third-order valence-electron chi connectivity index (χ3n) is 5.70. The molecule has 8 heteroatoms. The number of carbonyl (C=O) groups excluding carboxylic acids is 2. The molecule has 0 saturated carbocycles. The van der Waals surface area contributed by atoms with Crippen molar-refractivity contribution in [2.75, 3.05) is 0 Å². The zero-order valence-corrected chi connectivity index (χ0v) is 21.6. The molecule has 1 N–H and O–H groups in total. The van der Waals surface area contributed by atoms with Gasteiger partial charge < -0.3 is 14.8 Å². The van der Waals surface area contributed by atoms with Gasteiger partial charge in [0.05, 0.1) is 16.8 Å². The Hall–Kier alpha value is -4.04. The fourth-order valence-corrected chi connectivity index (χ4v) is 4.92. The standard InChI is InChI=1S/C29H27N3O4S/c1-29(2,3)36-28(34)32-16-23(26(33)24-18-37-27(31-24)20-10-7-13-30-15-20)22-12-11-21(14-25(22)32)35-17-19-8-5-4-6-9-19/h4-16,18,27,31H,17H2,1-3H3. The van der Waals surface area contributed by atoms with Gasteiger partial charge in [-0.25, -0.2) is 4.79 Å². The molecule has 7 nitrogen and oxygen atoms in total. The maximum absolute atomic E-state index is 13.6. The van der Waals surface area contributed by atoms with Crippen molar-refractivity contribution >= 4 is 34.5 Å². The SMILES string of the molecule is CC(C)(C)OC(=O)n1cc(C(=O)C2=CSC(c3cccnc3)N2)c2ccc(OCc3ccccc3)cc21. The van der Waals surface area contributed by atoms with Gasteiger partial charge in [-0.15, -0.1) is 11.8 Å². The van der Waals surface area contributed by atoms with E-state index in [1.165, 1.54) is 16.3 Å². The minimum atomic E-state index is -0.692. The number of thioether (sulfide) groups is 1. The highest BCUT2D eigenvalue weighted by molar-refractivity contribution is 8.02. The molecular formula is C29H27N3O4S. The number of hydrogen-bond acceptors (Lipinski definition) is 7. The predicted molar refractivity (Wildman–Crippen MR) is 144 cm³/mol. The Bertz CT molecular complexity index is 1470. The van der Waals surface area contributed by atoms with Gasteiger partial charge in [0, 0.05) is 41.0 Å². The first kappa shape index (κ1) is 24.6. The van der Waals surface area contributed by atoms with E-state index in [1.54, 1.807) is 45.4 Å². The number of allylic oxidation sites excluding steroid dienone is 1. The zero-order chi connectivity index (χ0) is 26.0. The Labute approximate surface area is 219 Å². The van der Waals surface area contributed by atoms with Crippen LogP contribution in [0.15, 0.2) is 90.4 Å². The van der Waals surface area contributed by atoms with Gasteiger partial charge in [-0.3, -0.25) is 14.3 Å². The number of Topliss-reactive ketones (excluding diaryl/α,β-unsaturated/α-hetero) is 1. The minimum Gasteiger partial charge on any atom is -0.489 e. The molecule has 2 aromatic heterocycles. The number of benzene rings is 2. The lowest BCUT2D eigenvalue weighted by Crippen LogP contribution is -2.26. The molecule has 1 atom stereocenters. The lowest BCUT2D eigenvalue weighted by molar-refractivity contribution is 0.0544. The van der Waals surface area contributed by atoms with Gasteiger partial charge in [0.25, 0.3) is 0 Å². The third-order valence-corrected chi connectivity index (χ3v) is 6.73. The van der Waals surface area contributed by atoms with Crippen LogP contribution in [0.3, 0.4) is 0 Å². The fourth-order valence-electron chi connectivity index (χ4n) is 3.98. The predicted octanol–water partition coefficient (Wildman–Crippen LogP) is 6.46. The molecule has 188 valence electrons. The number of pyridine rings is 1. The first-order valence-corrected chi connectivity index (χ1v) is 12.8. The molecular weight excluding hydrogens is 486 g/mol. The Morgan fingerprint density at radius 1 is 1.08 bits per heavy atom. The largest absolute Gasteiger partial charge is 0.489 e. The van der Waals surface area contributed by atoms with E-state index in [-0.39, 0.29) is 11.2 Å². The van der Waals surface area contributed by atoms with E-state index < -0.39 is 11.7 Å². The number of nitrogens with zero attached hydrogens (tertiary/aromatic N) is 2. The number of hydrogen-bond donors (Lipinski definition) is 1. The summed E-state index contributed by atoms with van der Waals surface area (Å²) in [5.41, 5.74) is 2.72. The summed E-state index contributed by atoms with van der Waals surface area (Å²) >= 11 is 1.51. The molecule has 4 aromatic rings. The molecule has 3 heterocycles. The van der Waals surface area contributed by atoms with Crippen molar-refractivity contribution in [3.63, 3.8) is 0 Å². The number of carbonyl (C=O) groups is 2. The van der Waals surface area contributed by atoms with Gasteiger partial charge in [-0.1, -0.05) is 36.4 Å². The van der Waals surface area contributed by atoms with Crippen LogP contribution in [0.4, 0.5) is 4.79 Å². The Kier molecular flexibility index (Phi) is 6.76. The van der Waals surface area contributed by atoms with Crippen molar-refractivity contribution in [2.45, 2.75) is 38.4 Å². The maximum Gasteiger partial charge on any atom is 0.419 e. The van der Waals surface area contributed by atoms with Crippen molar-refractivity contribution in [2.24, 2.45) is 0 Å². The lowest BCUT2D eigenvalue weighted by Gasteiger charge is -2.19. The molecule has 2 aromatic carbocycles. The molecule has 0 fully saturated rings. The van der Waals surface area contributed by atoms with E-state index in [1.807, 2.05) is 60.0 Å². The molecule has 0 spiro atoms. The Morgan fingerprint density at radius 3 is 2.62 bits per heavy atom. The van der Waals surface area contributed by atoms with E-state index in [9.17, 15) is 9.59 Å². The zero-order valence-electron chi connectivity index (χ0n) is 20.8. The van der Waals surface area contributed by atoms with Crippen LogP contribution in [0.25, 0.3) is 10.9 Å². The van der Waals surface area contributed by atoms with Crippen LogP contribution in [0.1, 0.15) is 47.6 Å². The summed E-state index contributed by atoms with van der Waals surface area (Å²) in [7, 11) is 0. The van der Waals surface area contributed by atoms with Crippen LogP contribution in [0.2, 0.25) is 0 Å². The number of fused-ring (bicyclic) bond motifs is 1. The smallest absolute Gasteiger partial charge is 0.419 e. The summed E-state index contributed by atoms with van der Waals surface area (Å²) in [6.07, 6.45) is 4.48. The van der Waals surface area contributed by atoms with E-state index in [2.05, 4.69) is 10.3 Å². The van der Waals surface area contributed by atoms with Gasteiger partial charge in [-0.2, -0.15) is 0 Å². The molecule has 0 aliphatic carbocycles. The first-order chi connectivity index (χ1) is 17.8. The molecule has 1 aliphatic rings. The van der Waals surface area contributed by atoms with Crippen molar-refractivity contribution in [1.82, 2.24) is 14.9 Å². The Balaban J connectivity index is 1.46. The molecule has 0 saturated heterocycles. The molecule has 0 radical (unpaired) electrons. The summed E-state index contributed by atoms with van der Waals surface area (Å²) in [6, 6.07) is 19.0. The second kappa shape index (κ2) is 10.1. The van der Waals surface area contributed by atoms with Crippen LogP contribution in [-0.2, 0) is 11.3 Å². The van der Waals surface area contributed by atoms with Crippen LogP contribution in [0.5, 0.6) is 5.75 Å². The number of ketones is 1. The highest BCUT2D eigenvalue weighted by Crippen LogP contribution is 2.36. The van der Waals surface area contributed by atoms with Crippen molar-refractivity contribution in [3.8, 4) is 5.75 Å². The lowest BCUT2D eigenvalue weighted by atomic mass is 10.1. The highest BCUT2D eigenvalue weighted by atomic mass is 32.2. The van der Waals surface area contributed by atoms with E-state index >= 15 is 0 Å². The average Bonchev–Trinajstić information content (AvgIpc) is 3.53. The summed E-state index contributed by atoms with van der Waals surface area (Å²) in [4.78, 5) is 30.9. The quantitative estimate of drug-likeness (QED) is 0.296. The van der Waals surface area contributed by atoms with Crippen molar-refractivity contribution in [1.29, 1.82) is 0 Å². The molecule has 0 amide bonds. The monoisotopic (exact) mass is 513 g/mol. The van der Waals surface area contributed by atoms with Gasteiger partial charge in [-0.05, 0) is 44.5 Å². The molecule has 1 unspecified atom stereocenters.